The van der Waals surface area contributed by atoms with E-state index in [9.17, 15) is 13.2 Å². The van der Waals surface area contributed by atoms with Crippen molar-refractivity contribution in [1.29, 1.82) is 0 Å². The Morgan fingerprint density at radius 3 is 2.37 bits per heavy atom. The van der Waals surface area contributed by atoms with Gasteiger partial charge in [-0.05, 0) is 64.5 Å². The van der Waals surface area contributed by atoms with Gasteiger partial charge in [-0.3, -0.25) is 9.89 Å². The minimum absolute atomic E-state index is 0.308. The number of aliphatic imine (C=N–C) groups is 1. The number of hydrogen-bond donors (Lipinski definition) is 1. The van der Waals surface area contributed by atoms with E-state index in [0.717, 1.165) is 83.9 Å². The highest BCUT2D eigenvalue weighted by Gasteiger charge is 2.32. The molecule has 6 nitrogen and oxygen atoms in total. The van der Waals surface area contributed by atoms with Gasteiger partial charge in [-0.2, -0.15) is 13.2 Å². The normalized spacial score (nSPS) is 20.7. The van der Waals surface area contributed by atoms with Crippen LogP contribution in [0.4, 0.5) is 13.2 Å². The van der Waals surface area contributed by atoms with Crippen LogP contribution in [-0.4, -0.2) is 94.2 Å². The largest absolute Gasteiger partial charge is 0.401 e. The smallest absolute Gasteiger partial charge is 0.385 e. The molecule has 0 aromatic carbocycles. The molecule has 30 heavy (non-hydrogen) atoms. The quantitative estimate of drug-likeness (QED) is 0.324. The van der Waals surface area contributed by atoms with Crippen LogP contribution in [0.1, 0.15) is 45.4 Å². The van der Waals surface area contributed by atoms with Gasteiger partial charge in [0.1, 0.15) is 0 Å². The second kappa shape index (κ2) is 13.4. The first-order valence-corrected chi connectivity index (χ1v) is 11.3. The third-order valence-corrected chi connectivity index (χ3v) is 5.83. The first kappa shape index (κ1) is 25.2. The van der Waals surface area contributed by atoms with Crippen molar-refractivity contribution in [2.45, 2.75) is 57.7 Å². The Hall–Kier alpha value is -1.06. The Labute approximate surface area is 179 Å². The second-order valence-electron chi connectivity index (χ2n) is 8.26. The molecule has 2 fully saturated rings. The first-order valence-electron chi connectivity index (χ1n) is 11.3. The fourth-order valence-electron chi connectivity index (χ4n) is 4.15. The highest BCUT2D eigenvalue weighted by atomic mass is 19.4. The van der Waals surface area contributed by atoms with E-state index in [0.29, 0.717) is 25.1 Å². The maximum Gasteiger partial charge on any atom is 0.401 e. The van der Waals surface area contributed by atoms with E-state index >= 15 is 0 Å². The van der Waals surface area contributed by atoms with Crippen LogP contribution in [0.25, 0.3) is 0 Å². The lowest BCUT2D eigenvalue weighted by atomic mass is 9.93. The molecule has 2 aliphatic rings. The van der Waals surface area contributed by atoms with E-state index in [4.69, 9.17) is 14.5 Å². The molecule has 0 bridgehead atoms. The molecule has 0 amide bonds. The molecule has 0 aromatic heterocycles. The first-order chi connectivity index (χ1) is 14.4. The molecule has 0 radical (unpaired) electrons. The summed E-state index contributed by atoms with van der Waals surface area (Å²) in [5.41, 5.74) is 0. The number of guanidine groups is 1. The number of alkyl halides is 3. The summed E-state index contributed by atoms with van der Waals surface area (Å²) < 4.78 is 48.5. The molecule has 0 saturated carbocycles. The van der Waals surface area contributed by atoms with Crippen molar-refractivity contribution in [3.8, 4) is 0 Å². The minimum atomic E-state index is -4.10. The Kier molecular flexibility index (Phi) is 11.2. The Morgan fingerprint density at radius 2 is 1.77 bits per heavy atom. The van der Waals surface area contributed by atoms with E-state index in [2.05, 4.69) is 17.1 Å². The van der Waals surface area contributed by atoms with Crippen molar-refractivity contribution in [1.82, 2.24) is 15.1 Å². The van der Waals surface area contributed by atoms with Gasteiger partial charge < -0.3 is 19.7 Å². The summed E-state index contributed by atoms with van der Waals surface area (Å²) in [7, 11) is 1.71. The van der Waals surface area contributed by atoms with Gasteiger partial charge in [0, 0.05) is 46.5 Å². The molecule has 2 rings (SSSR count). The minimum Gasteiger partial charge on any atom is -0.385 e. The van der Waals surface area contributed by atoms with Crippen molar-refractivity contribution in [3.05, 3.63) is 0 Å². The second-order valence-corrected chi connectivity index (χ2v) is 8.26. The number of hydrogen-bond acceptors (Lipinski definition) is 4. The van der Waals surface area contributed by atoms with Gasteiger partial charge in [0.15, 0.2) is 5.96 Å². The lowest BCUT2D eigenvalue weighted by Gasteiger charge is -2.34. The predicted molar refractivity (Wildman–Crippen MR) is 113 cm³/mol. The summed E-state index contributed by atoms with van der Waals surface area (Å²) in [5, 5.41) is 3.38. The Balaban J connectivity index is 1.68. The number of halogens is 3. The maximum atomic E-state index is 12.5. The van der Waals surface area contributed by atoms with Crippen LogP contribution in [0.2, 0.25) is 0 Å². The monoisotopic (exact) mass is 436 g/mol. The number of likely N-dealkylation sites (tertiary alicyclic amines) is 2. The van der Waals surface area contributed by atoms with Crippen LogP contribution in [0.5, 0.6) is 0 Å². The van der Waals surface area contributed by atoms with Gasteiger partial charge in [-0.25, -0.2) is 0 Å². The van der Waals surface area contributed by atoms with Crippen LogP contribution >= 0.6 is 0 Å². The molecule has 9 heteroatoms. The van der Waals surface area contributed by atoms with E-state index in [1.165, 1.54) is 4.90 Å². The molecule has 2 heterocycles. The van der Waals surface area contributed by atoms with Crippen molar-refractivity contribution < 1.29 is 22.6 Å². The fraction of sp³-hybridized carbons (Fsp3) is 0.952. The highest BCUT2D eigenvalue weighted by Crippen LogP contribution is 2.24. The number of rotatable bonds is 10. The topological polar surface area (TPSA) is 49.3 Å². The third kappa shape index (κ3) is 9.83. The van der Waals surface area contributed by atoms with E-state index in [1.807, 2.05) is 0 Å². The van der Waals surface area contributed by atoms with Crippen LogP contribution in [0, 0.1) is 5.92 Å². The zero-order chi connectivity index (χ0) is 21.8. The molecule has 0 aromatic rings. The number of piperidine rings is 2. The molecular weight excluding hydrogens is 397 g/mol. The average Bonchev–Trinajstić information content (AvgIpc) is 2.71. The van der Waals surface area contributed by atoms with Gasteiger partial charge in [-0.1, -0.05) is 0 Å². The van der Waals surface area contributed by atoms with Crippen molar-refractivity contribution in [3.63, 3.8) is 0 Å². The standard InChI is InChI=1S/C21H39F3N4O2/c1-3-25-20(28-13-8-19(9-14-28)30-16-4-15-29-2)26-10-5-18-6-11-27(12-7-18)17-21(22,23)24/h18-19H,3-17H2,1-2H3,(H,25,26). The van der Waals surface area contributed by atoms with Crippen LogP contribution in [0.3, 0.4) is 0 Å². The maximum absolute atomic E-state index is 12.5. The zero-order valence-electron chi connectivity index (χ0n) is 18.6. The number of nitrogens with zero attached hydrogens (tertiary/aromatic N) is 3. The van der Waals surface area contributed by atoms with E-state index < -0.39 is 12.7 Å². The molecular formula is C21H39F3N4O2. The summed E-state index contributed by atoms with van der Waals surface area (Å²) >= 11 is 0. The highest BCUT2D eigenvalue weighted by molar-refractivity contribution is 5.80. The molecule has 2 aliphatic heterocycles. The summed E-state index contributed by atoms with van der Waals surface area (Å²) in [4.78, 5) is 8.62. The van der Waals surface area contributed by atoms with Gasteiger partial charge in [0.05, 0.1) is 12.6 Å². The average molecular weight is 437 g/mol. The predicted octanol–water partition coefficient (Wildman–Crippen LogP) is 3.13. The fourth-order valence-corrected chi connectivity index (χ4v) is 4.15. The summed E-state index contributed by atoms with van der Waals surface area (Å²) in [6.45, 7) is 7.23. The molecule has 2 saturated heterocycles. The molecule has 0 aliphatic carbocycles. The molecule has 0 spiro atoms. The van der Waals surface area contributed by atoms with Crippen LogP contribution in [-0.2, 0) is 9.47 Å². The lowest BCUT2D eigenvalue weighted by Crippen LogP contribution is -2.47. The van der Waals surface area contributed by atoms with Crippen molar-refractivity contribution in [2.24, 2.45) is 10.9 Å². The Morgan fingerprint density at radius 1 is 1.07 bits per heavy atom. The number of methoxy groups -OCH3 is 1. The van der Waals surface area contributed by atoms with E-state index in [-0.39, 0.29) is 0 Å². The van der Waals surface area contributed by atoms with Crippen LogP contribution < -0.4 is 5.32 Å². The number of ether oxygens (including phenoxy) is 2. The van der Waals surface area contributed by atoms with Gasteiger partial charge in [0.25, 0.3) is 0 Å². The molecule has 176 valence electrons. The van der Waals surface area contributed by atoms with E-state index in [1.54, 1.807) is 7.11 Å². The molecule has 0 atom stereocenters. The zero-order valence-corrected chi connectivity index (χ0v) is 18.6. The third-order valence-electron chi connectivity index (χ3n) is 5.83. The summed E-state index contributed by atoms with van der Waals surface area (Å²) in [6, 6.07) is 0. The lowest BCUT2D eigenvalue weighted by molar-refractivity contribution is -0.148. The van der Waals surface area contributed by atoms with Gasteiger partial charge >= 0.3 is 6.18 Å². The van der Waals surface area contributed by atoms with Crippen LogP contribution in [0.15, 0.2) is 4.99 Å². The summed E-state index contributed by atoms with van der Waals surface area (Å²) in [6.07, 6.45) is 1.72. The van der Waals surface area contributed by atoms with Gasteiger partial charge in [-0.15, -0.1) is 0 Å². The van der Waals surface area contributed by atoms with Crippen molar-refractivity contribution >= 4 is 5.96 Å². The summed E-state index contributed by atoms with van der Waals surface area (Å²) in [5.74, 6) is 1.41. The number of nitrogens with one attached hydrogen (secondary N) is 1. The molecule has 0 unspecified atom stereocenters. The Bertz CT molecular complexity index is 489. The van der Waals surface area contributed by atoms with Crippen molar-refractivity contribution in [2.75, 3.05) is 66.1 Å². The van der Waals surface area contributed by atoms with Gasteiger partial charge in [0.2, 0.25) is 0 Å². The molecule has 1 N–H and O–H groups in total. The SMILES string of the molecule is CCNC(=NCCC1CCN(CC(F)(F)F)CC1)N1CCC(OCCCOC)CC1.